The van der Waals surface area contributed by atoms with Crippen LogP contribution in [0.5, 0.6) is 0 Å². The quantitative estimate of drug-likeness (QED) is 0.879. The zero-order valence-electron chi connectivity index (χ0n) is 16.0. The number of amides is 2. The van der Waals surface area contributed by atoms with Crippen LogP contribution in [0.15, 0.2) is 24.3 Å². The first-order valence-electron chi connectivity index (χ1n) is 9.39. The highest BCUT2D eigenvalue weighted by Crippen LogP contribution is 2.59. The van der Waals surface area contributed by atoms with Gasteiger partial charge in [0.15, 0.2) is 0 Å². The van der Waals surface area contributed by atoms with Crippen molar-refractivity contribution in [1.82, 2.24) is 4.90 Å². The summed E-state index contributed by atoms with van der Waals surface area (Å²) in [5.41, 5.74) is 1.47. The molecule has 3 aliphatic rings. The highest BCUT2D eigenvalue weighted by atomic mass is 16.6. The first-order chi connectivity index (χ1) is 12.7. The van der Waals surface area contributed by atoms with Crippen LogP contribution in [0.25, 0.3) is 0 Å². The maximum absolute atomic E-state index is 12.3. The molecule has 4 rings (SSSR count). The molecular weight excluding hydrogens is 348 g/mol. The van der Waals surface area contributed by atoms with Gasteiger partial charge in [0.25, 0.3) is 0 Å². The number of aliphatic hydroxyl groups is 1. The Hall–Kier alpha value is -2.28. The molecule has 0 spiro atoms. The van der Waals surface area contributed by atoms with Crippen LogP contribution in [0.1, 0.15) is 32.8 Å². The molecule has 7 nitrogen and oxygen atoms in total. The molecule has 1 aromatic rings. The molecule has 2 saturated heterocycles. The number of fused-ring (bicyclic) bond motifs is 1. The highest BCUT2D eigenvalue weighted by molar-refractivity contribution is 5.89. The van der Waals surface area contributed by atoms with E-state index in [1.54, 1.807) is 4.90 Å². The van der Waals surface area contributed by atoms with Crippen molar-refractivity contribution in [3.63, 3.8) is 0 Å². The van der Waals surface area contributed by atoms with E-state index in [4.69, 9.17) is 14.6 Å². The minimum Gasteiger partial charge on any atom is -0.444 e. The van der Waals surface area contributed by atoms with E-state index >= 15 is 0 Å². The Balaban J connectivity index is 1.45. The molecule has 2 aliphatic heterocycles. The second kappa shape index (κ2) is 6.12. The van der Waals surface area contributed by atoms with Crippen LogP contribution in [0.4, 0.5) is 15.3 Å². The van der Waals surface area contributed by atoms with Crippen LogP contribution >= 0.6 is 0 Å². The molecule has 1 N–H and O–H groups in total. The number of hydrogen-bond acceptors (Lipinski definition) is 5. The second-order valence-electron chi connectivity index (χ2n) is 8.76. The molecule has 1 saturated carbocycles. The van der Waals surface area contributed by atoms with Crippen molar-refractivity contribution in [2.75, 3.05) is 31.1 Å². The Bertz CT molecular complexity index is 757. The van der Waals surface area contributed by atoms with Gasteiger partial charge in [0.2, 0.25) is 0 Å². The fraction of sp³-hybridized carbons (Fsp3) is 0.600. The van der Waals surface area contributed by atoms with Gasteiger partial charge in [0.1, 0.15) is 11.7 Å². The Morgan fingerprint density at radius 3 is 2.59 bits per heavy atom. The fourth-order valence-corrected chi connectivity index (χ4v) is 4.20. The number of aliphatic hydroxyl groups excluding tert-OH is 1. The van der Waals surface area contributed by atoms with E-state index in [-0.39, 0.29) is 18.1 Å². The van der Waals surface area contributed by atoms with Crippen LogP contribution in [0, 0.1) is 5.92 Å². The lowest BCUT2D eigenvalue weighted by molar-refractivity contribution is 0.0270. The molecule has 2 unspecified atom stereocenters. The summed E-state index contributed by atoms with van der Waals surface area (Å²) >= 11 is 0. The minimum absolute atomic E-state index is 0.00852. The van der Waals surface area contributed by atoms with Crippen LogP contribution < -0.4 is 4.90 Å². The van der Waals surface area contributed by atoms with Gasteiger partial charge in [-0.1, -0.05) is 12.1 Å². The third kappa shape index (κ3) is 3.25. The zero-order chi connectivity index (χ0) is 19.4. The van der Waals surface area contributed by atoms with Crippen molar-refractivity contribution in [2.45, 2.75) is 44.3 Å². The predicted octanol–water partition coefficient (Wildman–Crippen LogP) is 2.51. The van der Waals surface area contributed by atoms with E-state index in [1.807, 2.05) is 45.0 Å². The highest BCUT2D eigenvalue weighted by Gasteiger charge is 2.62. The molecule has 3 atom stereocenters. The number of anilines is 1. The van der Waals surface area contributed by atoms with Crippen molar-refractivity contribution >= 4 is 17.9 Å². The fourth-order valence-electron chi connectivity index (χ4n) is 4.20. The maximum atomic E-state index is 12.3. The number of cyclic esters (lactones) is 1. The van der Waals surface area contributed by atoms with Gasteiger partial charge in [0.05, 0.1) is 13.2 Å². The summed E-state index contributed by atoms with van der Waals surface area (Å²) in [6.45, 7) is 7.21. The standard InChI is InChI=1S/C20H26N2O5/c1-19(2,3)27-17(24)21-9-14-8-20(14,12-21)13-4-6-15(7-5-13)22-10-16(11-23)26-18(22)25/h4-7,14,16,23H,8-12H2,1-3H3/t14?,16-,20?/m1/s1. The summed E-state index contributed by atoms with van der Waals surface area (Å²) in [6, 6.07) is 7.90. The summed E-state index contributed by atoms with van der Waals surface area (Å²) in [6.07, 6.45) is -0.0770. The molecule has 0 radical (unpaired) electrons. The van der Waals surface area contributed by atoms with Crippen molar-refractivity contribution in [1.29, 1.82) is 0 Å². The third-order valence-electron chi connectivity index (χ3n) is 5.63. The monoisotopic (exact) mass is 374 g/mol. The van der Waals surface area contributed by atoms with E-state index in [9.17, 15) is 9.59 Å². The first kappa shape index (κ1) is 18.1. The van der Waals surface area contributed by atoms with Gasteiger partial charge in [-0.3, -0.25) is 4.90 Å². The lowest BCUT2D eigenvalue weighted by Gasteiger charge is -2.26. The van der Waals surface area contributed by atoms with E-state index < -0.39 is 17.8 Å². The zero-order valence-corrected chi connectivity index (χ0v) is 16.0. The number of hydrogen-bond donors (Lipinski definition) is 1. The lowest BCUT2D eigenvalue weighted by atomic mass is 9.95. The van der Waals surface area contributed by atoms with Crippen molar-refractivity contribution < 1.29 is 24.2 Å². The molecule has 27 heavy (non-hydrogen) atoms. The van der Waals surface area contributed by atoms with Crippen molar-refractivity contribution in [3.05, 3.63) is 29.8 Å². The van der Waals surface area contributed by atoms with E-state index in [0.717, 1.165) is 18.7 Å². The molecule has 7 heteroatoms. The summed E-state index contributed by atoms with van der Waals surface area (Å²) in [7, 11) is 0. The number of benzene rings is 1. The van der Waals surface area contributed by atoms with Gasteiger partial charge in [0, 0.05) is 24.2 Å². The Kier molecular flexibility index (Phi) is 4.10. The van der Waals surface area contributed by atoms with E-state index in [2.05, 4.69) is 0 Å². The van der Waals surface area contributed by atoms with Crippen molar-refractivity contribution in [3.8, 4) is 0 Å². The average molecular weight is 374 g/mol. The lowest BCUT2D eigenvalue weighted by Crippen LogP contribution is -2.37. The summed E-state index contributed by atoms with van der Waals surface area (Å²) in [5, 5.41) is 9.17. The first-order valence-corrected chi connectivity index (χ1v) is 9.39. The van der Waals surface area contributed by atoms with Crippen molar-refractivity contribution in [2.24, 2.45) is 5.92 Å². The number of rotatable bonds is 3. The van der Waals surface area contributed by atoms with Crippen LogP contribution in [-0.2, 0) is 14.9 Å². The van der Waals surface area contributed by atoms with Gasteiger partial charge >= 0.3 is 12.2 Å². The van der Waals surface area contributed by atoms with E-state index in [0.29, 0.717) is 19.0 Å². The number of carbonyl (C=O) groups is 2. The Morgan fingerprint density at radius 1 is 1.30 bits per heavy atom. The second-order valence-corrected chi connectivity index (χ2v) is 8.76. The SMILES string of the molecule is CC(C)(C)OC(=O)N1CC2CC2(c2ccc(N3C[C@H](CO)OC3=O)cc2)C1. The molecule has 1 aliphatic carbocycles. The number of ether oxygens (including phenoxy) is 2. The largest absolute Gasteiger partial charge is 0.444 e. The van der Waals surface area contributed by atoms with Gasteiger partial charge in [-0.2, -0.15) is 0 Å². The van der Waals surface area contributed by atoms with Crippen LogP contribution in [0.2, 0.25) is 0 Å². The molecule has 1 aromatic carbocycles. The smallest absolute Gasteiger partial charge is 0.414 e. The van der Waals surface area contributed by atoms with Gasteiger partial charge in [-0.15, -0.1) is 0 Å². The van der Waals surface area contributed by atoms with Gasteiger partial charge < -0.3 is 19.5 Å². The normalized spacial score (nSPS) is 29.6. The average Bonchev–Trinajstić information content (AvgIpc) is 2.98. The number of carbonyl (C=O) groups excluding carboxylic acids is 2. The van der Waals surface area contributed by atoms with Crippen LogP contribution in [-0.4, -0.2) is 60.1 Å². The molecule has 2 amide bonds. The molecule has 146 valence electrons. The van der Waals surface area contributed by atoms with Crippen LogP contribution in [0.3, 0.4) is 0 Å². The van der Waals surface area contributed by atoms with Gasteiger partial charge in [-0.25, -0.2) is 9.59 Å². The summed E-state index contributed by atoms with van der Waals surface area (Å²) < 4.78 is 10.6. The Morgan fingerprint density at radius 2 is 2.00 bits per heavy atom. The molecule has 2 heterocycles. The Labute approximate surface area is 158 Å². The predicted molar refractivity (Wildman–Crippen MR) is 98.7 cm³/mol. The number of piperidine rings is 1. The topological polar surface area (TPSA) is 79.3 Å². The molecule has 3 fully saturated rings. The van der Waals surface area contributed by atoms with E-state index in [1.165, 1.54) is 10.5 Å². The summed E-state index contributed by atoms with van der Waals surface area (Å²) in [5.74, 6) is 0.464. The molecule has 0 aromatic heterocycles. The molecule has 0 bridgehead atoms. The third-order valence-corrected chi connectivity index (χ3v) is 5.63. The van der Waals surface area contributed by atoms with Gasteiger partial charge in [-0.05, 0) is 50.8 Å². The number of nitrogens with zero attached hydrogens (tertiary/aromatic N) is 2. The minimum atomic E-state index is -0.491. The maximum Gasteiger partial charge on any atom is 0.414 e. The number of likely N-dealkylation sites (tertiary alicyclic amines) is 1. The summed E-state index contributed by atoms with van der Waals surface area (Å²) in [4.78, 5) is 27.6. The molecular formula is C20H26N2O5.